The molecular formula is C15H19N3O2S. The van der Waals surface area contributed by atoms with Gasteiger partial charge in [-0.25, -0.2) is 4.98 Å². The van der Waals surface area contributed by atoms with Crippen LogP contribution in [-0.2, 0) is 12.8 Å². The van der Waals surface area contributed by atoms with E-state index in [1.165, 1.54) is 12.8 Å². The van der Waals surface area contributed by atoms with Crippen LogP contribution in [0.4, 0.5) is 0 Å². The number of hydrogen-bond acceptors (Lipinski definition) is 4. The first-order valence-corrected chi connectivity index (χ1v) is 8.20. The van der Waals surface area contributed by atoms with E-state index in [4.69, 9.17) is 4.42 Å². The largest absolute Gasteiger partial charge is 0.455 e. The summed E-state index contributed by atoms with van der Waals surface area (Å²) in [5.41, 5.74) is 0. The molecule has 1 aliphatic carbocycles. The number of nitrogens with zero attached hydrogens (tertiary/aromatic N) is 2. The van der Waals surface area contributed by atoms with E-state index in [1.54, 1.807) is 24.0 Å². The number of furan rings is 1. The van der Waals surface area contributed by atoms with Gasteiger partial charge in [-0.2, -0.15) is 0 Å². The Kier molecular flexibility index (Phi) is 4.34. The molecule has 0 radical (unpaired) electrons. The van der Waals surface area contributed by atoms with Crippen LogP contribution in [0, 0.1) is 0 Å². The number of rotatable bonds is 5. The molecule has 2 heterocycles. The van der Waals surface area contributed by atoms with Crippen LogP contribution in [0.5, 0.6) is 0 Å². The topological polar surface area (TPSA) is 60.1 Å². The minimum Gasteiger partial charge on any atom is -0.455 e. The Morgan fingerprint density at radius 2 is 2.29 bits per heavy atom. The van der Waals surface area contributed by atoms with E-state index < -0.39 is 0 Å². The molecule has 1 aliphatic rings. The molecule has 1 N–H and O–H groups in total. The van der Waals surface area contributed by atoms with Crippen molar-refractivity contribution in [2.45, 2.75) is 42.6 Å². The number of carbonyl (C=O) groups is 1. The van der Waals surface area contributed by atoms with Crippen LogP contribution in [0.15, 0.2) is 34.1 Å². The fourth-order valence-electron chi connectivity index (χ4n) is 2.53. The van der Waals surface area contributed by atoms with Gasteiger partial charge >= 0.3 is 0 Å². The summed E-state index contributed by atoms with van der Waals surface area (Å²) in [7, 11) is 1.96. The molecule has 0 spiro atoms. The van der Waals surface area contributed by atoms with Crippen molar-refractivity contribution in [2.75, 3.05) is 0 Å². The highest BCUT2D eigenvalue weighted by atomic mass is 32.2. The standard InChI is InChI=1S/C15H19N3O2S/c1-18-9-8-16-15(18)21-10-12-6-7-13(20-12)14(19)17-11-4-2-3-5-11/h6-9,11H,2-5,10H2,1H3,(H,17,19). The van der Waals surface area contributed by atoms with Crippen molar-refractivity contribution in [1.29, 1.82) is 0 Å². The molecule has 5 nitrogen and oxygen atoms in total. The summed E-state index contributed by atoms with van der Waals surface area (Å²) < 4.78 is 7.58. The fourth-order valence-corrected chi connectivity index (χ4v) is 3.36. The predicted octanol–water partition coefficient (Wildman–Crippen LogP) is 2.98. The van der Waals surface area contributed by atoms with Crippen molar-refractivity contribution in [3.05, 3.63) is 36.0 Å². The Bertz CT molecular complexity index is 614. The Balaban J connectivity index is 1.55. The third-order valence-electron chi connectivity index (χ3n) is 3.70. The number of hydrogen-bond donors (Lipinski definition) is 1. The lowest BCUT2D eigenvalue weighted by Crippen LogP contribution is -2.32. The molecule has 1 amide bonds. The van der Waals surface area contributed by atoms with Gasteiger partial charge in [0.2, 0.25) is 0 Å². The molecule has 1 saturated carbocycles. The maximum absolute atomic E-state index is 12.1. The van der Waals surface area contributed by atoms with Crippen molar-refractivity contribution in [2.24, 2.45) is 7.05 Å². The lowest BCUT2D eigenvalue weighted by molar-refractivity contribution is 0.0908. The van der Waals surface area contributed by atoms with Crippen LogP contribution >= 0.6 is 11.8 Å². The third kappa shape index (κ3) is 3.50. The molecule has 0 saturated heterocycles. The van der Waals surface area contributed by atoms with E-state index >= 15 is 0 Å². The SMILES string of the molecule is Cn1ccnc1SCc1ccc(C(=O)NC2CCCC2)o1. The molecule has 1 fully saturated rings. The van der Waals surface area contributed by atoms with Gasteiger partial charge in [0.1, 0.15) is 5.76 Å². The van der Waals surface area contributed by atoms with E-state index in [0.29, 0.717) is 17.6 Å². The highest BCUT2D eigenvalue weighted by Gasteiger charge is 2.19. The van der Waals surface area contributed by atoms with E-state index in [-0.39, 0.29) is 5.91 Å². The van der Waals surface area contributed by atoms with Crippen LogP contribution in [0.25, 0.3) is 0 Å². The second kappa shape index (κ2) is 6.39. The van der Waals surface area contributed by atoms with Crippen molar-refractivity contribution in [3.8, 4) is 0 Å². The zero-order chi connectivity index (χ0) is 14.7. The molecule has 0 aromatic carbocycles. The molecule has 3 rings (SSSR count). The van der Waals surface area contributed by atoms with E-state index in [9.17, 15) is 4.79 Å². The first kappa shape index (κ1) is 14.3. The lowest BCUT2D eigenvalue weighted by atomic mass is 10.2. The van der Waals surface area contributed by atoms with Gasteiger partial charge in [-0.15, -0.1) is 0 Å². The van der Waals surface area contributed by atoms with Gasteiger partial charge in [-0.05, 0) is 25.0 Å². The Morgan fingerprint density at radius 1 is 1.48 bits per heavy atom. The first-order chi connectivity index (χ1) is 10.2. The van der Waals surface area contributed by atoms with Gasteiger partial charge in [-0.3, -0.25) is 4.79 Å². The third-order valence-corrected chi connectivity index (χ3v) is 4.78. The first-order valence-electron chi connectivity index (χ1n) is 7.22. The molecule has 0 aliphatic heterocycles. The fraction of sp³-hybridized carbons (Fsp3) is 0.467. The molecular weight excluding hydrogens is 286 g/mol. The molecule has 2 aromatic heterocycles. The average molecular weight is 305 g/mol. The summed E-state index contributed by atoms with van der Waals surface area (Å²) in [6.45, 7) is 0. The minimum absolute atomic E-state index is 0.102. The molecule has 6 heteroatoms. The normalized spacial score (nSPS) is 15.5. The monoisotopic (exact) mass is 305 g/mol. The minimum atomic E-state index is -0.102. The van der Waals surface area contributed by atoms with Gasteiger partial charge in [0.25, 0.3) is 5.91 Å². The summed E-state index contributed by atoms with van der Waals surface area (Å²) in [4.78, 5) is 16.3. The molecule has 0 atom stereocenters. The zero-order valence-electron chi connectivity index (χ0n) is 12.0. The van der Waals surface area contributed by atoms with Gasteiger partial charge in [0, 0.05) is 25.5 Å². The Morgan fingerprint density at radius 3 is 3.00 bits per heavy atom. The second-order valence-corrected chi connectivity index (χ2v) is 6.27. The summed E-state index contributed by atoms with van der Waals surface area (Å²) in [5.74, 6) is 1.76. The summed E-state index contributed by atoms with van der Waals surface area (Å²) >= 11 is 1.59. The van der Waals surface area contributed by atoms with Crippen LogP contribution in [0.3, 0.4) is 0 Å². The van der Waals surface area contributed by atoms with Crippen molar-refractivity contribution in [3.63, 3.8) is 0 Å². The number of aryl methyl sites for hydroxylation is 1. The number of aromatic nitrogens is 2. The van der Waals surface area contributed by atoms with Crippen LogP contribution in [0.1, 0.15) is 42.0 Å². The van der Waals surface area contributed by atoms with Crippen LogP contribution in [-0.4, -0.2) is 21.5 Å². The second-order valence-electron chi connectivity index (χ2n) is 5.33. The number of thioether (sulfide) groups is 1. The number of imidazole rings is 1. The maximum atomic E-state index is 12.1. The van der Waals surface area contributed by atoms with Crippen LogP contribution < -0.4 is 5.32 Å². The van der Waals surface area contributed by atoms with Crippen molar-refractivity contribution in [1.82, 2.24) is 14.9 Å². The van der Waals surface area contributed by atoms with Gasteiger partial charge < -0.3 is 14.3 Å². The molecule has 0 bridgehead atoms. The molecule has 0 unspecified atom stereocenters. The van der Waals surface area contributed by atoms with Crippen molar-refractivity contribution < 1.29 is 9.21 Å². The molecule has 2 aromatic rings. The lowest BCUT2D eigenvalue weighted by Gasteiger charge is -2.09. The summed E-state index contributed by atoms with van der Waals surface area (Å²) in [5, 5.41) is 3.96. The quantitative estimate of drug-likeness (QED) is 0.863. The van der Waals surface area contributed by atoms with E-state index in [1.807, 2.05) is 23.9 Å². The van der Waals surface area contributed by atoms with E-state index in [2.05, 4.69) is 10.3 Å². The number of nitrogens with one attached hydrogen (secondary N) is 1. The highest BCUT2D eigenvalue weighted by Crippen LogP contribution is 2.22. The number of amides is 1. The highest BCUT2D eigenvalue weighted by molar-refractivity contribution is 7.98. The van der Waals surface area contributed by atoms with Gasteiger partial charge in [0.05, 0.1) is 5.75 Å². The Labute approximate surface area is 128 Å². The van der Waals surface area contributed by atoms with Gasteiger partial charge in [0.15, 0.2) is 10.9 Å². The van der Waals surface area contributed by atoms with Crippen LogP contribution in [0.2, 0.25) is 0 Å². The predicted molar refractivity (Wildman–Crippen MR) is 81.2 cm³/mol. The van der Waals surface area contributed by atoms with E-state index in [0.717, 1.165) is 23.8 Å². The molecule has 112 valence electrons. The van der Waals surface area contributed by atoms with Crippen molar-refractivity contribution >= 4 is 17.7 Å². The maximum Gasteiger partial charge on any atom is 0.287 e. The number of carbonyl (C=O) groups excluding carboxylic acids is 1. The summed E-state index contributed by atoms with van der Waals surface area (Å²) in [6, 6.07) is 3.92. The zero-order valence-corrected chi connectivity index (χ0v) is 12.9. The average Bonchev–Trinajstić information content (AvgIpc) is 3.18. The van der Waals surface area contributed by atoms with Gasteiger partial charge in [-0.1, -0.05) is 24.6 Å². The molecule has 21 heavy (non-hydrogen) atoms. The Hall–Kier alpha value is -1.69. The summed E-state index contributed by atoms with van der Waals surface area (Å²) in [6.07, 6.45) is 8.24. The smallest absolute Gasteiger partial charge is 0.287 e.